The molecule has 2 atom stereocenters. The van der Waals surface area contributed by atoms with E-state index in [2.05, 4.69) is 59.0 Å². The molecule has 0 aliphatic rings. The second-order valence-corrected chi connectivity index (χ2v) is 8.60. The van der Waals surface area contributed by atoms with Crippen LogP contribution in [-0.4, -0.2) is 22.5 Å². The zero-order valence-electron chi connectivity index (χ0n) is 14.4. The van der Waals surface area contributed by atoms with Gasteiger partial charge in [0.1, 0.15) is 0 Å². The van der Waals surface area contributed by atoms with Gasteiger partial charge in [0.25, 0.3) is 0 Å². The minimum atomic E-state index is -0.947. The summed E-state index contributed by atoms with van der Waals surface area (Å²) in [5.41, 5.74) is 1.41. The Hall–Kier alpha value is -0.670. The van der Waals surface area contributed by atoms with Crippen LogP contribution in [-0.2, 0) is 10.8 Å². The van der Waals surface area contributed by atoms with Crippen LogP contribution in [0.2, 0.25) is 0 Å². The molecule has 0 saturated heterocycles. The molecule has 0 aliphatic heterocycles. The van der Waals surface area contributed by atoms with Crippen molar-refractivity contribution in [2.24, 2.45) is 5.41 Å². The lowest BCUT2D eigenvalue weighted by molar-refractivity contribution is 0.290. The number of hydrogen-bond acceptors (Lipinski definition) is 2. The minimum Gasteiger partial charge on any atom is -0.313 e. The number of rotatable bonds is 7. The van der Waals surface area contributed by atoms with Crippen LogP contribution in [0, 0.1) is 5.41 Å². The monoisotopic (exact) mass is 309 g/mol. The van der Waals surface area contributed by atoms with Crippen molar-refractivity contribution in [1.29, 1.82) is 0 Å². The first-order valence-corrected chi connectivity index (χ1v) is 9.29. The van der Waals surface area contributed by atoms with Gasteiger partial charge in [-0.3, -0.25) is 4.21 Å². The third-order valence-electron chi connectivity index (χ3n) is 3.81. The summed E-state index contributed by atoms with van der Waals surface area (Å²) in [5.74, 6) is 1.19. The van der Waals surface area contributed by atoms with Crippen LogP contribution in [0.4, 0.5) is 0 Å². The molecular formula is C18H31NOS. The van der Waals surface area contributed by atoms with Crippen LogP contribution in [0.1, 0.15) is 59.4 Å². The van der Waals surface area contributed by atoms with Crippen LogP contribution >= 0.6 is 0 Å². The zero-order valence-corrected chi connectivity index (χ0v) is 15.2. The normalized spacial score (nSPS) is 15.2. The Morgan fingerprint density at radius 3 is 2.14 bits per heavy atom. The van der Waals surface area contributed by atoms with Gasteiger partial charge in [0.15, 0.2) is 0 Å². The maximum absolute atomic E-state index is 12.6. The fraction of sp³-hybridized carbons (Fsp3) is 0.667. The first kappa shape index (κ1) is 18.4. The Balaban J connectivity index is 2.77. The van der Waals surface area contributed by atoms with Crippen LogP contribution in [0.3, 0.4) is 0 Å². The molecule has 0 radical (unpaired) electrons. The molecule has 0 heterocycles. The third-order valence-corrected chi connectivity index (χ3v) is 5.25. The van der Waals surface area contributed by atoms with E-state index in [4.69, 9.17) is 0 Å². The lowest BCUT2D eigenvalue weighted by Gasteiger charge is -2.31. The predicted octanol–water partition coefficient (Wildman–Crippen LogP) is 4.33. The Morgan fingerprint density at radius 1 is 1.14 bits per heavy atom. The maximum atomic E-state index is 12.6. The fourth-order valence-electron chi connectivity index (χ4n) is 2.19. The molecule has 2 nitrogen and oxygen atoms in total. The number of benzene rings is 1. The molecule has 0 fully saturated rings. The van der Waals surface area contributed by atoms with E-state index in [9.17, 15) is 4.21 Å². The van der Waals surface area contributed by atoms with Gasteiger partial charge in [-0.1, -0.05) is 53.7 Å². The molecule has 1 N–H and O–H groups in total. The van der Waals surface area contributed by atoms with E-state index < -0.39 is 10.8 Å². The van der Waals surface area contributed by atoms with Gasteiger partial charge in [0, 0.05) is 16.7 Å². The van der Waals surface area contributed by atoms with Gasteiger partial charge in [-0.05, 0) is 42.0 Å². The first-order valence-electron chi connectivity index (χ1n) is 7.97. The number of hydrogen-bond donors (Lipinski definition) is 1. The molecular weight excluding hydrogens is 278 g/mol. The minimum absolute atomic E-state index is 0.114. The maximum Gasteiger partial charge on any atom is 0.0545 e. The van der Waals surface area contributed by atoms with E-state index >= 15 is 0 Å². The average Bonchev–Trinajstić information content (AvgIpc) is 2.42. The fourth-order valence-corrected chi connectivity index (χ4v) is 3.74. The molecule has 0 aromatic heterocycles. The predicted molar refractivity (Wildman–Crippen MR) is 93.3 cm³/mol. The zero-order chi connectivity index (χ0) is 16.0. The van der Waals surface area contributed by atoms with E-state index in [0.29, 0.717) is 11.7 Å². The Kier molecular flexibility index (Phi) is 7.08. The molecule has 0 saturated carbocycles. The standard InChI is InChI=1S/C18H31NOS/c1-7-12-19-17(18(4,5)6)13-21(20)16-10-8-15(9-11-16)14(2)3/h8-11,14,17,19H,7,12-13H2,1-6H3. The van der Waals surface area contributed by atoms with Gasteiger partial charge in [0.2, 0.25) is 0 Å². The summed E-state index contributed by atoms with van der Waals surface area (Å²) in [4.78, 5) is 0.937. The van der Waals surface area contributed by atoms with Crippen molar-refractivity contribution in [2.75, 3.05) is 12.3 Å². The quantitative estimate of drug-likeness (QED) is 0.812. The Bertz CT molecular complexity index is 445. The van der Waals surface area contributed by atoms with Crippen molar-refractivity contribution in [3.8, 4) is 0 Å². The SMILES string of the molecule is CCCNC(CS(=O)c1ccc(C(C)C)cc1)C(C)(C)C. The van der Waals surface area contributed by atoms with Crippen LogP contribution in [0.25, 0.3) is 0 Å². The highest BCUT2D eigenvalue weighted by Gasteiger charge is 2.26. The van der Waals surface area contributed by atoms with Gasteiger partial charge in [0.05, 0.1) is 10.8 Å². The van der Waals surface area contributed by atoms with Crippen molar-refractivity contribution in [1.82, 2.24) is 5.32 Å². The van der Waals surface area contributed by atoms with Crippen molar-refractivity contribution >= 4 is 10.8 Å². The largest absolute Gasteiger partial charge is 0.313 e. The van der Waals surface area contributed by atoms with Crippen LogP contribution in [0.15, 0.2) is 29.2 Å². The smallest absolute Gasteiger partial charge is 0.0545 e. The van der Waals surface area contributed by atoms with Crippen molar-refractivity contribution in [2.45, 2.75) is 64.8 Å². The molecule has 0 bridgehead atoms. The Labute approximate surface area is 133 Å². The van der Waals surface area contributed by atoms with Crippen molar-refractivity contribution in [3.05, 3.63) is 29.8 Å². The van der Waals surface area contributed by atoms with E-state index in [1.54, 1.807) is 0 Å². The summed E-state index contributed by atoms with van der Waals surface area (Å²) in [5, 5.41) is 3.55. The summed E-state index contributed by atoms with van der Waals surface area (Å²) in [6, 6.07) is 8.51. The summed E-state index contributed by atoms with van der Waals surface area (Å²) in [6.07, 6.45) is 1.10. The van der Waals surface area contributed by atoms with Gasteiger partial charge < -0.3 is 5.32 Å². The molecule has 120 valence electrons. The van der Waals surface area contributed by atoms with Crippen LogP contribution < -0.4 is 5.32 Å². The van der Waals surface area contributed by atoms with Gasteiger partial charge in [-0.25, -0.2) is 0 Å². The second kappa shape index (κ2) is 8.09. The molecule has 3 heteroatoms. The highest BCUT2D eigenvalue weighted by Crippen LogP contribution is 2.23. The van der Waals surface area contributed by atoms with E-state index in [-0.39, 0.29) is 11.5 Å². The molecule has 1 aromatic carbocycles. The highest BCUT2D eigenvalue weighted by molar-refractivity contribution is 7.85. The van der Waals surface area contributed by atoms with E-state index in [1.165, 1.54) is 5.56 Å². The second-order valence-electron chi connectivity index (χ2n) is 7.11. The third kappa shape index (κ3) is 5.91. The van der Waals surface area contributed by atoms with Crippen LogP contribution in [0.5, 0.6) is 0 Å². The molecule has 0 amide bonds. The highest BCUT2D eigenvalue weighted by atomic mass is 32.2. The van der Waals surface area contributed by atoms with Gasteiger partial charge in [-0.15, -0.1) is 0 Å². The molecule has 0 aliphatic carbocycles. The molecule has 1 rings (SSSR count). The lowest BCUT2D eigenvalue weighted by atomic mass is 9.88. The summed E-state index contributed by atoms with van der Waals surface area (Å²) in [7, 11) is -0.947. The molecule has 21 heavy (non-hydrogen) atoms. The summed E-state index contributed by atoms with van der Waals surface area (Å²) >= 11 is 0. The van der Waals surface area contributed by atoms with E-state index in [1.807, 2.05) is 12.1 Å². The molecule has 2 unspecified atom stereocenters. The lowest BCUT2D eigenvalue weighted by Crippen LogP contribution is -2.44. The van der Waals surface area contributed by atoms with Gasteiger partial charge in [-0.2, -0.15) is 0 Å². The van der Waals surface area contributed by atoms with Crippen molar-refractivity contribution in [3.63, 3.8) is 0 Å². The summed E-state index contributed by atoms with van der Waals surface area (Å²) < 4.78 is 12.6. The van der Waals surface area contributed by atoms with Crippen molar-refractivity contribution < 1.29 is 4.21 Å². The summed E-state index contributed by atoms with van der Waals surface area (Å²) in [6.45, 7) is 14.1. The first-order chi connectivity index (χ1) is 9.75. The molecule has 0 spiro atoms. The van der Waals surface area contributed by atoms with Gasteiger partial charge >= 0.3 is 0 Å². The average molecular weight is 310 g/mol. The molecule has 1 aromatic rings. The Morgan fingerprint density at radius 2 is 1.71 bits per heavy atom. The number of nitrogens with one attached hydrogen (secondary N) is 1. The van der Waals surface area contributed by atoms with E-state index in [0.717, 1.165) is 17.9 Å². The topological polar surface area (TPSA) is 29.1 Å².